The Balaban J connectivity index is 3.50. The summed E-state index contributed by atoms with van der Waals surface area (Å²) in [5.74, 6) is 0. The van der Waals surface area contributed by atoms with Crippen LogP contribution < -0.4 is 0 Å². The highest BCUT2D eigenvalue weighted by atomic mass is 15.5. The van der Waals surface area contributed by atoms with Crippen LogP contribution >= 0.6 is 0 Å². The van der Waals surface area contributed by atoms with Crippen molar-refractivity contribution in [3.8, 4) is 0 Å². The van der Waals surface area contributed by atoms with Crippen molar-refractivity contribution in [2.45, 2.75) is 6.92 Å². The van der Waals surface area contributed by atoms with Crippen LogP contribution in [0.1, 0.15) is 6.92 Å². The molecule has 3 heteroatoms. The maximum atomic E-state index is 3.68. The molecular formula is C5H11N3. The summed E-state index contributed by atoms with van der Waals surface area (Å²) in [7, 11) is 3.62. The van der Waals surface area contributed by atoms with Crippen LogP contribution in [-0.4, -0.2) is 19.1 Å². The Bertz CT molecular complexity index is 104. The summed E-state index contributed by atoms with van der Waals surface area (Å²) in [5.41, 5.74) is 0.721. The van der Waals surface area contributed by atoms with E-state index >= 15 is 0 Å². The minimum absolute atomic E-state index is 0.721. The molecule has 46 valence electrons. The molecule has 0 amide bonds. The molecule has 0 saturated carbocycles. The number of allylic oxidation sites excluding steroid dienone is 1. The fraction of sp³-hybridized carbons (Fsp3) is 0.600. The second-order valence-corrected chi connectivity index (χ2v) is 1.77. The first-order valence-electron chi connectivity index (χ1n) is 2.37. The van der Waals surface area contributed by atoms with E-state index in [9.17, 15) is 0 Å². The third-order valence-corrected chi connectivity index (χ3v) is 0.394. The van der Waals surface area contributed by atoms with Crippen LogP contribution in [0, 0.1) is 0 Å². The molecule has 3 nitrogen and oxygen atoms in total. The maximum Gasteiger partial charge on any atom is 0.0545 e. The molecule has 0 heterocycles. The van der Waals surface area contributed by atoms with Crippen LogP contribution in [0.4, 0.5) is 0 Å². The molecule has 0 aromatic carbocycles. The monoisotopic (exact) mass is 113 g/mol. The molecule has 0 aromatic heterocycles. The molecule has 0 aliphatic rings. The van der Waals surface area contributed by atoms with Gasteiger partial charge in [-0.05, 0) is 6.92 Å². The van der Waals surface area contributed by atoms with E-state index in [1.807, 2.05) is 14.1 Å². The van der Waals surface area contributed by atoms with Crippen molar-refractivity contribution < 1.29 is 0 Å². The Morgan fingerprint density at radius 3 is 2.12 bits per heavy atom. The molecular weight excluding hydrogens is 102 g/mol. The largest absolute Gasteiger partial charge is 0.285 e. The standard InChI is InChI=1S/C5H11N3/c1-5(2)6-7-8(3)4/h1H2,2-4H3. The van der Waals surface area contributed by atoms with Crippen molar-refractivity contribution in [3.05, 3.63) is 12.3 Å². The summed E-state index contributed by atoms with van der Waals surface area (Å²) in [5, 5.41) is 8.98. The van der Waals surface area contributed by atoms with Gasteiger partial charge in [-0.25, -0.2) is 0 Å². The molecule has 0 rings (SSSR count). The van der Waals surface area contributed by atoms with E-state index in [-0.39, 0.29) is 0 Å². The van der Waals surface area contributed by atoms with Crippen LogP contribution in [0.15, 0.2) is 22.6 Å². The Hall–Kier alpha value is -0.860. The molecule has 0 saturated heterocycles. The van der Waals surface area contributed by atoms with Crippen LogP contribution in [-0.2, 0) is 0 Å². The Labute approximate surface area is 49.7 Å². The molecule has 0 spiro atoms. The lowest BCUT2D eigenvalue weighted by Gasteiger charge is -1.98. The van der Waals surface area contributed by atoms with Crippen molar-refractivity contribution in [1.29, 1.82) is 0 Å². The molecule has 8 heavy (non-hydrogen) atoms. The first kappa shape index (κ1) is 7.14. The van der Waals surface area contributed by atoms with Gasteiger partial charge in [-0.2, -0.15) is 0 Å². The average molecular weight is 113 g/mol. The van der Waals surface area contributed by atoms with Crippen LogP contribution in [0.5, 0.6) is 0 Å². The van der Waals surface area contributed by atoms with E-state index in [4.69, 9.17) is 0 Å². The van der Waals surface area contributed by atoms with Gasteiger partial charge in [0.05, 0.1) is 5.70 Å². The zero-order valence-corrected chi connectivity index (χ0v) is 5.55. The number of nitrogens with zero attached hydrogens (tertiary/aromatic N) is 3. The summed E-state index contributed by atoms with van der Waals surface area (Å²) in [6.07, 6.45) is 0. The summed E-state index contributed by atoms with van der Waals surface area (Å²) in [6, 6.07) is 0. The van der Waals surface area contributed by atoms with E-state index < -0.39 is 0 Å². The highest BCUT2D eigenvalue weighted by Crippen LogP contribution is 1.89. The minimum atomic E-state index is 0.721. The van der Waals surface area contributed by atoms with Gasteiger partial charge in [0.25, 0.3) is 0 Å². The molecule has 0 aromatic rings. The SMILES string of the molecule is C=C(C)N=NN(C)C. The van der Waals surface area contributed by atoms with Crippen molar-refractivity contribution >= 4 is 0 Å². The van der Waals surface area contributed by atoms with Crippen molar-refractivity contribution in [1.82, 2.24) is 5.01 Å². The van der Waals surface area contributed by atoms with Gasteiger partial charge in [-0.15, -0.1) is 5.11 Å². The van der Waals surface area contributed by atoms with Crippen LogP contribution in [0.25, 0.3) is 0 Å². The maximum absolute atomic E-state index is 3.68. The van der Waals surface area contributed by atoms with E-state index in [0.717, 1.165) is 5.70 Å². The normalized spacial score (nSPS) is 9.88. The van der Waals surface area contributed by atoms with Crippen LogP contribution in [0.3, 0.4) is 0 Å². The zero-order chi connectivity index (χ0) is 6.57. The second-order valence-electron chi connectivity index (χ2n) is 1.77. The predicted octanol–water partition coefficient (Wildman–Crippen LogP) is 1.45. The third kappa shape index (κ3) is 5.14. The topological polar surface area (TPSA) is 28.0 Å². The number of rotatable bonds is 2. The first-order valence-corrected chi connectivity index (χ1v) is 2.37. The van der Waals surface area contributed by atoms with Gasteiger partial charge in [-0.1, -0.05) is 11.8 Å². The van der Waals surface area contributed by atoms with E-state index in [2.05, 4.69) is 16.9 Å². The Kier molecular flexibility index (Phi) is 2.84. The molecule has 0 aliphatic carbocycles. The lowest BCUT2D eigenvalue weighted by atomic mass is 10.6. The average Bonchev–Trinajstić information content (AvgIpc) is 1.61. The van der Waals surface area contributed by atoms with Gasteiger partial charge in [0.2, 0.25) is 0 Å². The third-order valence-electron chi connectivity index (χ3n) is 0.394. The number of hydrogen-bond donors (Lipinski definition) is 0. The summed E-state index contributed by atoms with van der Waals surface area (Å²) in [6.45, 7) is 5.34. The van der Waals surface area contributed by atoms with E-state index in [0.29, 0.717) is 0 Å². The lowest BCUT2D eigenvalue weighted by molar-refractivity contribution is 0.405. The fourth-order valence-corrected chi connectivity index (χ4v) is 0.166. The highest BCUT2D eigenvalue weighted by Gasteiger charge is 1.76. The first-order chi connectivity index (χ1) is 3.63. The molecule has 0 fully saturated rings. The van der Waals surface area contributed by atoms with Gasteiger partial charge in [-0.3, -0.25) is 5.01 Å². The summed E-state index contributed by atoms with van der Waals surface area (Å²) >= 11 is 0. The molecule has 0 atom stereocenters. The van der Waals surface area contributed by atoms with Gasteiger partial charge >= 0.3 is 0 Å². The summed E-state index contributed by atoms with van der Waals surface area (Å²) < 4.78 is 0. The molecule has 0 bridgehead atoms. The van der Waals surface area contributed by atoms with Gasteiger partial charge in [0, 0.05) is 14.1 Å². The molecule has 0 N–H and O–H groups in total. The van der Waals surface area contributed by atoms with E-state index in [1.165, 1.54) is 0 Å². The highest BCUT2D eigenvalue weighted by molar-refractivity contribution is 4.81. The molecule has 0 unspecified atom stereocenters. The van der Waals surface area contributed by atoms with Crippen LogP contribution in [0.2, 0.25) is 0 Å². The quantitative estimate of drug-likeness (QED) is 0.393. The van der Waals surface area contributed by atoms with Gasteiger partial charge in [0.1, 0.15) is 0 Å². The Morgan fingerprint density at radius 2 is 2.00 bits per heavy atom. The van der Waals surface area contributed by atoms with Gasteiger partial charge in [0.15, 0.2) is 0 Å². The predicted molar refractivity (Wildman–Crippen MR) is 33.4 cm³/mol. The second kappa shape index (κ2) is 3.18. The molecule has 0 aliphatic heterocycles. The minimum Gasteiger partial charge on any atom is -0.285 e. The molecule has 0 radical (unpaired) electrons. The fourth-order valence-electron chi connectivity index (χ4n) is 0.166. The Morgan fingerprint density at radius 1 is 1.50 bits per heavy atom. The lowest BCUT2D eigenvalue weighted by Crippen LogP contribution is -1.99. The van der Waals surface area contributed by atoms with E-state index in [1.54, 1.807) is 11.9 Å². The van der Waals surface area contributed by atoms with Gasteiger partial charge < -0.3 is 0 Å². The smallest absolute Gasteiger partial charge is 0.0545 e. The van der Waals surface area contributed by atoms with Crippen molar-refractivity contribution in [2.24, 2.45) is 10.3 Å². The zero-order valence-electron chi connectivity index (χ0n) is 5.55. The summed E-state index contributed by atoms with van der Waals surface area (Å²) in [4.78, 5) is 0. The van der Waals surface area contributed by atoms with Crippen molar-refractivity contribution in [3.63, 3.8) is 0 Å². The van der Waals surface area contributed by atoms with Crippen molar-refractivity contribution in [2.75, 3.05) is 14.1 Å². The number of hydrogen-bond acceptors (Lipinski definition) is 2.